The quantitative estimate of drug-likeness (QED) is 0.940. The van der Waals surface area contributed by atoms with Gasteiger partial charge in [-0.15, -0.1) is 0 Å². The van der Waals surface area contributed by atoms with Crippen molar-refractivity contribution < 1.29 is 4.74 Å². The Labute approximate surface area is 123 Å². The number of nitrogens with one attached hydrogen (secondary N) is 1. The van der Waals surface area contributed by atoms with E-state index in [4.69, 9.17) is 4.74 Å². The number of likely N-dealkylation sites (N-methyl/N-ethyl adjacent to an activating group) is 1. The van der Waals surface area contributed by atoms with Crippen LogP contribution in [0.5, 0.6) is 0 Å². The number of morpholine rings is 1. The number of fused-ring (bicyclic) bond motifs is 1. The summed E-state index contributed by atoms with van der Waals surface area (Å²) in [4.78, 5) is 7.10. The highest BCUT2D eigenvalue weighted by molar-refractivity contribution is 7.22. The summed E-state index contributed by atoms with van der Waals surface area (Å²) in [5.41, 5.74) is 2.35. The molecule has 0 aliphatic carbocycles. The molecule has 0 amide bonds. The minimum absolute atomic E-state index is 0.261. The molecule has 1 fully saturated rings. The molecule has 5 heteroatoms. The van der Waals surface area contributed by atoms with Crippen molar-refractivity contribution in [1.29, 1.82) is 0 Å². The highest BCUT2D eigenvalue weighted by Crippen LogP contribution is 2.27. The van der Waals surface area contributed by atoms with Crippen LogP contribution in [0.3, 0.4) is 0 Å². The van der Waals surface area contributed by atoms with Crippen molar-refractivity contribution in [1.82, 2.24) is 9.88 Å². The molecule has 1 aliphatic rings. The van der Waals surface area contributed by atoms with Crippen LogP contribution in [0.2, 0.25) is 0 Å². The molecule has 4 nitrogen and oxygen atoms in total. The lowest BCUT2D eigenvalue weighted by Gasteiger charge is -2.32. The Bertz CT molecular complexity index is 584. The van der Waals surface area contributed by atoms with E-state index in [9.17, 15) is 0 Å². The van der Waals surface area contributed by atoms with E-state index in [-0.39, 0.29) is 6.10 Å². The van der Waals surface area contributed by atoms with Crippen LogP contribution in [0, 0.1) is 6.92 Å². The first-order valence-corrected chi connectivity index (χ1v) is 8.02. The van der Waals surface area contributed by atoms with Gasteiger partial charge in [-0.25, -0.2) is 4.98 Å². The van der Waals surface area contributed by atoms with Crippen molar-refractivity contribution >= 4 is 26.7 Å². The normalized spacial score (nSPS) is 20.4. The molecule has 1 aromatic heterocycles. The molecule has 3 rings (SSSR count). The van der Waals surface area contributed by atoms with Gasteiger partial charge in [0, 0.05) is 19.6 Å². The smallest absolute Gasteiger partial charge is 0.183 e. The Morgan fingerprint density at radius 1 is 1.50 bits per heavy atom. The highest BCUT2D eigenvalue weighted by atomic mass is 32.1. The molecule has 0 bridgehead atoms. The number of aryl methyl sites for hydroxylation is 1. The highest BCUT2D eigenvalue weighted by Gasteiger charge is 2.19. The topological polar surface area (TPSA) is 37.4 Å². The van der Waals surface area contributed by atoms with Crippen LogP contribution in [0.1, 0.15) is 12.5 Å². The average Bonchev–Trinajstić information content (AvgIpc) is 2.90. The van der Waals surface area contributed by atoms with Crippen LogP contribution < -0.4 is 5.32 Å². The fraction of sp³-hybridized carbons (Fsp3) is 0.533. The molecule has 0 saturated carbocycles. The van der Waals surface area contributed by atoms with Crippen LogP contribution >= 0.6 is 11.3 Å². The maximum absolute atomic E-state index is 5.80. The van der Waals surface area contributed by atoms with Gasteiger partial charge in [0.2, 0.25) is 0 Å². The van der Waals surface area contributed by atoms with E-state index >= 15 is 0 Å². The van der Waals surface area contributed by atoms with Gasteiger partial charge in [0.1, 0.15) is 0 Å². The molecule has 1 saturated heterocycles. The van der Waals surface area contributed by atoms with Gasteiger partial charge in [-0.2, -0.15) is 0 Å². The number of hydrogen-bond acceptors (Lipinski definition) is 5. The standard InChI is InChI=1S/C15H21N3OS/c1-3-18-7-8-19-12(10-18)9-16-15-17-14-11(2)5-4-6-13(14)20-15/h4-6,12H,3,7-10H2,1-2H3,(H,16,17). The third-order valence-corrected chi connectivity index (χ3v) is 4.75. The second kappa shape index (κ2) is 6.08. The van der Waals surface area contributed by atoms with Crippen LogP contribution in [-0.2, 0) is 4.74 Å². The largest absolute Gasteiger partial charge is 0.374 e. The first-order valence-electron chi connectivity index (χ1n) is 7.20. The number of thiazole rings is 1. The molecule has 2 aromatic rings. The van der Waals surface area contributed by atoms with Crippen molar-refractivity contribution in [3.63, 3.8) is 0 Å². The molecule has 20 heavy (non-hydrogen) atoms. The van der Waals surface area contributed by atoms with Gasteiger partial charge in [-0.05, 0) is 25.1 Å². The minimum atomic E-state index is 0.261. The number of aromatic nitrogens is 1. The van der Waals surface area contributed by atoms with Gasteiger partial charge < -0.3 is 10.1 Å². The minimum Gasteiger partial charge on any atom is -0.374 e. The summed E-state index contributed by atoms with van der Waals surface area (Å²) in [6.07, 6.45) is 0.261. The van der Waals surface area contributed by atoms with Crippen molar-refractivity contribution in [2.45, 2.75) is 20.0 Å². The molecule has 1 N–H and O–H groups in total. The third-order valence-electron chi connectivity index (χ3n) is 3.77. The molecule has 0 radical (unpaired) electrons. The summed E-state index contributed by atoms with van der Waals surface area (Å²) in [5, 5.41) is 4.42. The lowest BCUT2D eigenvalue weighted by Crippen LogP contribution is -2.45. The first-order chi connectivity index (χ1) is 9.76. The van der Waals surface area contributed by atoms with E-state index in [2.05, 4.69) is 47.2 Å². The summed E-state index contributed by atoms with van der Waals surface area (Å²) in [7, 11) is 0. The summed E-state index contributed by atoms with van der Waals surface area (Å²) in [6, 6.07) is 6.32. The number of ether oxygens (including phenoxy) is 1. The third kappa shape index (κ3) is 2.95. The lowest BCUT2D eigenvalue weighted by molar-refractivity contribution is -0.0191. The zero-order valence-corrected chi connectivity index (χ0v) is 12.9. The monoisotopic (exact) mass is 291 g/mol. The van der Waals surface area contributed by atoms with Gasteiger partial charge >= 0.3 is 0 Å². The molecule has 2 heterocycles. The molecular formula is C15H21N3OS. The molecular weight excluding hydrogens is 270 g/mol. The van der Waals surface area contributed by atoms with E-state index in [1.165, 1.54) is 10.3 Å². The van der Waals surface area contributed by atoms with Gasteiger partial charge in [0.25, 0.3) is 0 Å². The molecule has 1 atom stereocenters. The van der Waals surface area contributed by atoms with E-state index < -0.39 is 0 Å². The van der Waals surface area contributed by atoms with Crippen LogP contribution in [0.15, 0.2) is 18.2 Å². The molecule has 1 aromatic carbocycles. The number of anilines is 1. The first kappa shape index (κ1) is 13.8. The molecule has 1 unspecified atom stereocenters. The number of rotatable bonds is 4. The summed E-state index contributed by atoms with van der Waals surface area (Å²) >= 11 is 1.72. The fourth-order valence-electron chi connectivity index (χ4n) is 2.55. The maximum atomic E-state index is 5.80. The summed E-state index contributed by atoms with van der Waals surface area (Å²) < 4.78 is 7.05. The zero-order chi connectivity index (χ0) is 13.9. The van der Waals surface area contributed by atoms with Crippen molar-refractivity contribution in [2.24, 2.45) is 0 Å². The fourth-order valence-corrected chi connectivity index (χ4v) is 3.50. The van der Waals surface area contributed by atoms with Crippen molar-refractivity contribution in [3.05, 3.63) is 23.8 Å². The Kier molecular flexibility index (Phi) is 4.19. The molecule has 108 valence electrons. The van der Waals surface area contributed by atoms with E-state index in [1.807, 2.05) is 0 Å². The Morgan fingerprint density at radius 2 is 2.40 bits per heavy atom. The lowest BCUT2D eigenvalue weighted by atomic mass is 10.2. The second-order valence-electron chi connectivity index (χ2n) is 5.21. The van der Waals surface area contributed by atoms with Gasteiger partial charge in [0.05, 0.1) is 22.9 Å². The summed E-state index contributed by atoms with van der Waals surface area (Å²) in [6.45, 7) is 9.12. The Hall–Kier alpha value is -1.17. The van der Waals surface area contributed by atoms with Crippen molar-refractivity contribution in [2.75, 3.05) is 38.1 Å². The second-order valence-corrected chi connectivity index (χ2v) is 6.24. The summed E-state index contributed by atoms with van der Waals surface area (Å²) in [5.74, 6) is 0. The number of benzene rings is 1. The maximum Gasteiger partial charge on any atom is 0.183 e. The SMILES string of the molecule is CCN1CCOC(CNc2nc3c(C)cccc3s2)C1. The van der Waals surface area contributed by atoms with Crippen molar-refractivity contribution in [3.8, 4) is 0 Å². The Morgan fingerprint density at radius 3 is 3.20 bits per heavy atom. The van der Waals surface area contributed by atoms with Crippen LogP contribution in [-0.4, -0.2) is 48.8 Å². The van der Waals surface area contributed by atoms with Gasteiger partial charge in [0.15, 0.2) is 5.13 Å². The van der Waals surface area contributed by atoms with E-state index in [0.29, 0.717) is 0 Å². The number of hydrogen-bond donors (Lipinski definition) is 1. The molecule has 0 spiro atoms. The Balaban J connectivity index is 1.63. The van der Waals surface area contributed by atoms with Crippen LogP contribution in [0.4, 0.5) is 5.13 Å². The molecule has 1 aliphatic heterocycles. The van der Waals surface area contributed by atoms with E-state index in [1.54, 1.807) is 11.3 Å². The zero-order valence-electron chi connectivity index (χ0n) is 12.1. The van der Waals surface area contributed by atoms with Gasteiger partial charge in [-0.1, -0.05) is 30.4 Å². The van der Waals surface area contributed by atoms with E-state index in [0.717, 1.165) is 43.4 Å². The van der Waals surface area contributed by atoms with Gasteiger partial charge in [-0.3, -0.25) is 4.90 Å². The predicted molar refractivity (Wildman–Crippen MR) is 84.7 cm³/mol. The number of nitrogens with zero attached hydrogens (tertiary/aromatic N) is 2. The number of para-hydroxylation sites is 1. The average molecular weight is 291 g/mol. The van der Waals surface area contributed by atoms with Crippen LogP contribution in [0.25, 0.3) is 10.2 Å². The predicted octanol–water partition coefficient (Wildman–Crippen LogP) is 2.74.